The number of amides is 5. The van der Waals surface area contributed by atoms with E-state index in [2.05, 4.69) is 48.6 Å². The highest BCUT2D eigenvalue weighted by atomic mass is 32.2. The molecule has 3 fully saturated rings. The van der Waals surface area contributed by atoms with Gasteiger partial charge in [-0.15, -0.1) is 0 Å². The van der Waals surface area contributed by atoms with E-state index < -0.39 is 12.0 Å². The minimum atomic E-state index is -0.654. The Morgan fingerprint density at radius 1 is 0.852 bits per heavy atom. The fraction of sp³-hybridized carbons (Fsp3) is 0.432. The Morgan fingerprint density at radius 3 is 2.34 bits per heavy atom. The van der Waals surface area contributed by atoms with Gasteiger partial charge in [0.05, 0.1) is 31.9 Å². The van der Waals surface area contributed by atoms with Crippen molar-refractivity contribution in [3.63, 3.8) is 0 Å². The standard InChI is InChI=1S/C44H54N8O8S/c53-38(9-5-4-8-37-40-36(29-61-37)48-43(57)50-40)45-18-23-58-24-25-59-28-39(54)46-33-14-16-34(17-15-33)47-42(56)35-27-60-44(49-35)52-21-19-51(20-22-52)26-30-10-12-32(13-11-30)41(55)31-6-2-1-3-7-31/h1-3,6-7,10-17,27,36-37,40-41,55H,4-5,8-9,18-26,28-29H2,(H,45,53)(H,46,54)(H,47,56)(H2,48,50,57)/t36-,37-,40-,41?/m1/s1. The molecule has 0 saturated carbocycles. The number of oxazole rings is 1. The molecule has 3 aromatic carbocycles. The van der Waals surface area contributed by atoms with Crippen LogP contribution in [0.5, 0.6) is 0 Å². The number of ether oxygens (including phenoxy) is 2. The van der Waals surface area contributed by atoms with Gasteiger partial charge in [-0.2, -0.15) is 16.7 Å². The smallest absolute Gasteiger partial charge is 0.315 e. The number of hydrogen-bond acceptors (Lipinski definition) is 12. The van der Waals surface area contributed by atoms with Gasteiger partial charge in [0, 0.05) is 68.1 Å². The Bertz CT molecular complexity index is 2050. The molecule has 324 valence electrons. The fourth-order valence-corrected chi connectivity index (χ4v) is 9.08. The predicted octanol–water partition coefficient (Wildman–Crippen LogP) is 4.14. The summed E-state index contributed by atoms with van der Waals surface area (Å²) in [5, 5.41) is 25.5. The first kappa shape index (κ1) is 43.6. The van der Waals surface area contributed by atoms with Crippen molar-refractivity contribution < 1.29 is 38.2 Å². The monoisotopic (exact) mass is 854 g/mol. The van der Waals surface area contributed by atoms with Crippen LogP contribution in [0.3, 0.4) is 0 Å². The minimum absolute atomic E-state index is 0.0113. The topological polar surface area (TPSA) is 200 Å². The molecule has 0 bridgehead atoms. The largest absolute Gasteiger partial charge is 0.431 e. The van der Waals surface area contributed by atoms with E-state index in [0.717, 1.165) is 55.8 Å². The molecule has 5 amide bonds. The predicted molar refractivity (Wildman–Crippen MR) is 233 cm³/mol. The van der Waals surface area contributed by atoms with Gasteiger partial charge in [-0.25, -0.2) is 4.79 Å². The third-order valence-corrected chi connectivity index (χ3v) is 12.4. The number of nitrogens with one attached hydrogen (secondary N) is 5. The zero-order valence-corrected chi connectivity index (χ0v) is 34.9. The Kier molecular flexibility index (Phi) is 15.6. The van der Waals surface area contributed by atoms with Crippen LogP contribution in [-0.2, 0) is 25.6 Å². The van der Waals surface area contributed by atoms with Crippen molar-refractivity contribution in [1.29, 1.82) is 0 Å². The quantitative estimate of drug-likeness (QED) is 0.0518. The molecule has 4 aromatic rings. The third kappa shape index (κ3) is 12.8. The molecular formula is C44H54N8O8S. The average molecular weight is 855 g/mol. The Hall–Kier alpha value is -5.46. The summed E-state index contributed by atoms with van der Waals surface area (Å²) in [5.74, 6) is 0.185. The van der Waals surface area contributed by atoms with Gasteiger partial charge in [0.1, 0.15) is 19.0 Å². The van der Waals surface area contributed by atoms with Gasteiger partial charge in [-0.3, -0.25) is 19.3 Å². The van der Waals surface area contributed by atoms with Crippen molar-refractivity contribution in [1.82, 2.24) is 25.8 Å². The number of thioether (sulfide) groups is 1. The molecule has 16 nitrogen and oxygen atoms in total. The summed E-state index contributed by atoms with van der Waals surface area (Å²) in [6, 6.07) is 25.2. The number of hydrogen-bond donors (Lipinski definition) is 6. The minimum Gasteiger partial charge on any atom is -0.431 e. The molecule has 0 aliphatic carbocycles. The van der Waals surface area contributed by atoms with Gasteiger partial charge in [-0.1, -0.05) is 61.0 Å². The number of carbonyl (C=O) groups excluding carboxylic acids is 4. The molecule has 3 saturated heterocycles. The van der Waals surface area contributed by atoms with E-state index in [1.165, 1.54) is 11.8 Å². The second kappa shape index (κ2) is 21.9. The molecule has 4 heterocycles. The van der Waals surface area contributed by atoms with E-state index in [9.17, 15) is 24.3 Å². The summed E-state index contributed by atoms with van der Waals surface area (Å²) < 4.78 is 16.6. The fourth-order valence-electron chi connectivity index (χ4n) is 7.54. The number of aromatic nitrogens is 1. The van der Waals surface area contributed by atoms with E-state index in [1.54, 1.807) is 24.3 Å². The number of aliphatic hydroxyl groups is 1. The van der Waals surface area contributed by atoms with Gasteiger partial charge in [0.2, 0.25) is 11.8 Å². The summed E-state index contributed by atoms with van der Waals surface area (Å²) in [6.07, 6.45) is 3.87. The highest BCUT2D eigenvalue weighted by Crippen LogP contribution is 2.33. The van der Waals surface area contributed by atoms with Gasteiger partial charge in [0.15, 0.2) is 5.69 Å². The van der Waals surface area contributed by atoms with Crippen LogP contribution >= 0.6 is 11.8 Å². The number of urea groups is 1. The molecule has 0 radical (unpaired) electrons. The molecule has 1 aromatic heterocycles. The van der Waals surface area contributed by atoms with E-state index >= 15 is 0 Å². The zero-order valence-electron chi connectivity index (χ0n) is 34.1. The molecule has 17 heteroatoms. The lowest BCUT2D eigenvalue weighted by molar-refractivity contribution is -0.122. The SMILES string of the molecule is O=C(CCCC[C@H]1SC[C@H]2NC(=O)N[C@H]21)NCCOCCOCC(=O)Nc1ccc(NC(=O)c2coc(N3CCN(Cc4ccc(C(O)c5ccccc5)cc4)CC3)n2)cc1. The number of unbranched alkanes of at least 4 members (excludes halogenated alkanes) is 1. The van der Waals surface area contributed by atoms with Crippen LogP contribution in [0.4, 0.5) is 22.2 Å². The second-order valence-corrected chi connectivity index (χ2v) is 16.6. The summed E-state index contributed by atoms with van der Waals surface area (Å²) in [4.78, 5) is 57.8. The van der Waals surface area contributed by atoms with Crippen molar-refractivity contribution in [3.05, 3.63) is 108 Å². The maximum atomic E-state index is 13.0. The lowest BCUT2D eigenvalue weighted by atomic mass is 10.0. The van der Waals surface area contributed by atoms with Crippen LogP contribution in [0.1, 0.15) is 59.0 Å². The first-order valence-corrected chi connectivity index (χ1v) is 21.9. The van der Waals surface area contributed by atoms with E-state index in [-0.39, 0.29) is 55.4 Å². The molecule has 6 N–H and O–H groups in total. The lowest BCUT2D eigenvalue weighted by Gasteiger charge is -2.33. The first-order valence-electron chi connectivity index (χ1n) is 20.8. The summed E-state index contributed by atoms with van der Waals surface area (Å²) in [7, 11) is 0. The van der Waals surface area contributed by atoms with Crippen LogP contribution in [0, 0.1) is 0 Å². The Balaban J connectivity index is 0.710. The van der Waals surface area contributed by atoms with Crippen LogP contribution in [-0.4, -0.2) is 121 Å². The Labute approximate surface area is 359 Å². The number of fused-ring (bicyclic) bond motifs is 1. The maximum absolute atomic E-state index is 13.0. The molecule has 61 heavy (non-hydrogen) atoms. The summed E-state index contributed by atoms with van der Waals surface area (Å²) in [6.45, 7) is 4.89. The van der Waals surface area contributed by atoms with Crippen molar-refractivity contribution in [2.75, 3.05) is 80.4 Å². The van der Waals surface area contributed by atoms with Crippen molar-refractivity contribution in [2.24, 2.45) is 0 Å². The van der Waals surface area contributed by atoms with Crippen LogP contribution < -0.4 is 31.5 Å². The zero-order chi connectivity index (χ0) is 42.4. The van der Waals surface area contributed by atoms with E-state index in [4.69, 9.17) is 13.9 Å². The molecule has 4 atom stereocenters. The normalized spacial score (nSPS) is 19.1. The van der Waals surface area contributed by atoms with Crippen LogP contribution in [0.25, 0.3) is 0 Å². The second-order valence-electron chi connectivity index (χ2n) is 15.3. The number of carbonyl (C=O) groups is 4. The maximum Gasteiger partial charge on any atom is 0.315 e. The lowest BCUT2D eigenvalue weighted by Crippen LogP contribution is -2.46. The van der Waals surface area contributed by atoms with Gasteiger partial charge in [-0.05, 0) is 53.8 Å². The first-order chi connectivity index (χ1) is 29.8. The Morgan fingerprint density at radius 2 is 1.57 bits per heavy atom. The van der Waals surface area contributed by atoms with Crippen LogP contribution in [0.15, 0.2) is 89.5 Å². The van der Waals surface area contributed by atoms with Crippen LogP contribution in [0.2, 0.25) is 0 Å². The average Bonchev–Trinajstić information content (AvgIpc) is 4.02. The molecule has 1 unspecified atom stereocenters. The number of anilines is 3. The number of rotatable bonds is 21. The molecule has 3 aliphatic rings. The molecule has 3 aliphatic heterocycles. The number of aliphatic hydroxyl groups excluding tert-OH is 1. The van der Waals surface area contributed by atoms with Gasteiger partial charge < -0.3 is 50.5 Å². The van der Waals surface area contributed by atoms with Crippen molar-refractivity contribution in [2.45, 2.75) is 55.7 Å². The number of benzene rings is 3. The highest BCUT2D eigenvalue weighted by molar-refractivity contribution is 8.00. The summed E-state index contributed by atoms with van der Waals surface area (Å²) >= 11 is 1.88. The highest BCUT2D eigenvalue weighted by Gasteiger charge is 2.42. The van der Waals surface area contributed by atoms with Gasteiger partial charge in [0.25, 0.3) is 11.9 Å². The third-order valence-electron chi connectivity index (χ3n) is 10.9. The van der Waals surface area contributed by atoms with Crippen molar-refractivity contribution in [3.8, 4) is 0 Å². The van der Waals surface area contributed by atoms with E-state index in [0.29, 0.717) is 55.3 Å². The molecular weight excluding hydrogens is 801 g/mol. The van der Waals surface area contributed by atoms with Crippen molar-refractivity contribution >= 4 is 52.9 Å². The number of piperazine rings is 1. The summed E-state index contributed by atoms with van der Waals surface area (Å²) in [5.41, 5.74) is 4.14. The molecule has 7 rings (SSSR count). The van der Waals surface area contributed by atoms with E-state index in [1.807, 2.05) is 59.1 Å². The number of nitrogens with zero attached hydrogens (tertiary/aromatic N) is 3. The van der Waals surface area contributed by atoms with Gasteiger partial charge >= 0.3 is 6.03 Å². The molecule has 0 spiro atoms.